The van der Waals surface area contributed by atoms with Crippen molar-refractivity contribution >= 4 is 35.5 Å². The van der Waals surface area contributed by atoms with Crippen LogP contribution in [0.2, 0.25) is 0 Å². The van der Waals surface area contributed by atoms with Gasteiger partial charge in [0.15, 0.2) is 22.9 Å². The molecule has 3 heterocycles. The highest BCUT2D eigenvalue weighted by Gasteiger charge is 2.26. The molecule has 0 unspecified atom stereocenters. The largest absolute Gasteiger partial charge is 0.504 e. The van der Waals surface area contributed by atoms with Crippen molar-refractivity contribution in [2.75, 3.05) is 12.4 Å². The summed E-state index contributed by atoms with van der Waals surface area (Å²) in [7, 11) is 1.25. The topological polar surface area (TPSA) is 97.0 Å². The monoisotopic (exact) mass is 375 g/mol. The lowest BCUT2D eigenvalue weighted by Crippen LogP contribution is -2.06. The lowest BCUT2D eigenvalue weighted by molar-refractivity contribution is 0.0598. The maximum Gasteiger partial charge on any atom is 0.347 e. The molecule has 7 heteroatoms. The number of anilines is 1. The molecule has 0 atom stereocenters. The minimum absolute atomic E-state index is 0.0494. The van der Waals surface area contributed by atoms with Crippen molar-refractivity contribution in [3.8, 4) is 5.75 Å². The molecule has 2 aromatic heterocycles. The molecule has 0 bridgehead atoms. The van der Waals surface area contributed by atoms with Crippen molar-refractivity contribution in [1.82, 2.24) is 4.98 Å². The summed E-state index contributed by atoms with van der Waals surface area (Å²) in [4.78, 5) is 20.6. The average molecular weight is 375 g/mol. The van der Waals surface area contributed by atoms with Gasteiger partial charge in [-0.05, 0) is 23.8 Å². The number of methoxy groups -OCH3 is 1. The van der Waals surface area contributed by atoms with Gasteiger partial charge in [-0.25, -0.2) is 14.8 Å². The molecule has 3 aromatic rings. The maximum absolute atomic E-state index is 12.2. The van der Waals surface area contributed by atoms with Crippen molar-refractivity contribution < 1.29 is 19.1 Å². The van der Waals surface area contributed by atoms with Crippen LogP contribution in [0.15, 0.2) is 58.1 Å². The van der Waals surface area contributed by atoms with E-state index in [1.54, 1.807) is 24.6 Å². The molecule has 0 amide bonds. The Balaban J connectivity index is 1.69. The van der Waals surface area contributed by atoms with Gasteiger partial charge in [0.25, 0.3) is 0 Å². The maximum atomic E-state index is 12.2. The summed E-state index contributed by atoms with van der Waals surface area (Å²) in [6, 6.07) is 13.3. The molecule has 0 saturated carbocycles. The Bertz CT molecular complexity index is 1080. The van der Waals surface area contributed by atoms with Gasteiger partial charge >= 0.3 is 5.97 Å². The van der Waals surface area contributed by atoms with Crippen LogP contribution in [0.3, 0.4) is 0 Å². The van der Waals surface area contributed by atoms with E-state index in [-0.39, 0.29) is 23.0 Å². The van der Waals surface area contributed by atoms with E-state index in [4.69, 9.17) is 9.15 Å². The van der Waals surface area contributed by atoms with Gasteiger partial charge in [0.05, 0.1) is 7.11 Å². The Labute approximate surface area is 161 Å². The van der Waals surface area contributed by atoms with Gasteiger partial charge in [-0.15, -0.1) is 0 Å². The highest BCUT2D eigenvalue weighted by Crippen LogP contribution is 2.38. The van der Waals surface area contributed by atoms with Crippen LogP contribution >= 0.6 is 0 Å². The summed E-state index contributed by atoms with van der Waals surface area (Å²) in [6.07, 6.45) is 4.91. The number of esters is 1. The van der Waals surface area contributed by atoms with Gasteiger partial charge in [-0.2, -0.15) is 0 Å². The molecule has 0 fully saturated rings. The SMILES string of the molecule is COC(=O)c1c(NCc2ccccc2)oc(C=C2C=Nc3ncccc32)c1O. The van der Waals surface area contributed by atoms with Crippen molar-refractivity contribution in [2.45, 2.75) is 6.54 Å². The Hall–Kier alpha value is -3.87. The predicted octanol–water partition coefficient (Wildman–Crippen LogP) is 4.04. The van der Waals surface area contributed by atoms with E-state index in [0.29, 0.717) is 12.4 Å². The van der Waals surface area contributed by atoms with Crippen molar-refractivity contribution in [3.05, 3.63) is 71.1 Å². The number of aromatic nitrogens is 1. The number of allylic oxidation sites excluding steroid dienone is 1. The van der Waals surface area contributed by atoms with Crippen molar-refractivity contribution in [1.29, 1.82) is 0 Å². The number of furan rings is 1. The third-order valence-corrected chi connectivity index (χ3v) is 4.30. The smallest absolute Gasteiger partial charge is 0.347 e. The first-order chi connectivity index (χ1) is 13.7. The minimum Gasteiger partial charge on any atom is -0.504 e. The molecule has 1 aliphatic rings. The van der Waals surface area contributed by atoms with Crippen molar-refractivity contribution in [2.24, 2.45) is 4.99 Å². The standard InChI is InChI=1S/C21H17N3O4/c1-27-21(26)17-18(25)16(10-14-12-23-19-15(14)8-5-9-22-19)28-20(17)24-11-13-6-3-2-4-7-13/h2-10,12,24-25H,11H2,1H3. The fourth-order valence-electron chi connectivity index (χ4n) is 2.91. The second kappa shape index (κ2) is 7.40. The summed E-state index contributed by atoms with van der Waals surface area (Å²) in [5, 5.41) is 13.6. The first-order valence-corrected chi connectivity index (χ1v) is 8.60. The number of hydrogen-bond donors (Lipinski definition) is 2. The molecule has 2 N–H and O–H groups in total. The summed E-state index contributed by atoms with van der Waals surface area (Å²) >= 11 is 0. The van der Waals surface area contributed by atoms with E-state index in [2.05, 4.69) is 15.3 Å². The number of carbonyl (C=O) groups excluding carboxylic acids is 1. The Morgan fingerprint density at radius 3 is 2.86 bits per heavy atom. The van der Waals surface area contributed by atoms with E-state index in [1.807, 2.05) is 36.4 Å². The van der Waals surface area contributed by atoms with Crippen LogP contribution in [-0.4, -0.2) is 29.4 Å². The van der Waals surface area contributed by atoms with Gasteiger partial charge in [-0.1, -0.05) is 30.3 Å². The van der Waals surface area contributed by atoms with Crippen LogP contribution in [0, 0.1) is 0 Å². The molecule has 1 aliphatic heterocycles. The fourth-order valence-corrected chi connectivity index (χ4v) is 2.91. The molecule has 0 radical (unpaired) electrons. The number of carbonyl (C=O) groups is 1. The van der Waals surface area contributed by atoms with E-state index in [0.717, 1.165) is 16.7 Å². The fraction of sp³-hybridized carbons (Fsp3) is 0.0952. The molecule has 0 aliphatic carbocycles. The van der Waals surface area contributed by atoms with Gasteiger partial charge in [0.1, 0.15) is 0 Å². The number of nitrogens with zero attached hydrogens (tertiary/aromatic N) is 2. The first-order valence-electron chi connectivity index (χ1n) is 8.60. The number of rotatable bonds is 5. The van der Waals surface area contributed by atoms with E-state index in [1.165, 1.54) is 7.11 Å². The lowest BCUT2D eigenvalue weighted by Gasteiger charge is -2.05. The van der Waals surface area contributed by atoms with Crippen LogP contribution in [0.1, 0.15) is 27.2 Å². The van der Waals surface area contributed by atoms with E-state index >= 15 is 0 Å². The summed E-state index contributed by atoms with van der Waals surface area (Å²) in [6.45, 7) is 0.419. The normalized spacial score (nSPS) is 13.5. The summed E-state index contributed by atoms with van der Waals surface area (Å²) in [5.74, 6) is -0.116. The van der Waals surface area contributed by atoms with Gasteiger partial charge in [0.2, 0.25) is 5.88 Å². The number of pyridine rings is 1. The molecule has 7 nitrogen and oxygen atoms in total. The number of hydrogen-bond acceptors (Lipinski definition) is 7. The number of aliphatic imine (C=N–C) groups is 1. The number of ether oxygens (including phenoxy) is 1. The van der Waals surface area contributed by atoms with Crippen LogP contribution < -0.4 is 5.32 Å². The second-order valence-corrected chi connectivity index (χ2v) is 6.08. The van der Waals surface area contributed by atoms with Crippen LogP contribution in [-0.2, 0) is 11.3 Å². The third-order valence-electron chi connectivity index (χ3n) is 4.30. The zero-order chi connectivity index (χ0) is 19.5. The predicted molar refractivity (Wildman–Crippen MR) is 106 cm³/mol. The van der Waals surface area contributed by atoms with Gasteiger partial charge in [0, 0.05) is 30.1 Å². The third kappa shape index (κ3) is 3.25. The Kier molecular flexibility index (Phi) is 4.63. The Morgan fingerprint density at radius 2 is 2.07 bits per heavy atom. The average Bonchev–Trinajstić information content (AvgIpc) is 3.28. The Morgan fingerprint density at radius 1 is 1.25 bits per heavy atom. The second-order valence-electron chi connectivity index (χ2n) is 6.08. The van der Waals surface area contributed by atoms with Gasteiger partial charge < -0.3 is 19.6 Å². The zero-order valence-corrected chi connectivity index (χ0v) is 15.0. The van der Waals surface area contributed by atoms with Crippen LogP contribution in [0.5, 0.6) is 5.75 Å². The molecule has 1 aromatic carbocycles. The van der Waals surface area contributed by atoms with Crippen LogP contribution in [0.25, 0.3) is 11.6 Å². The summed E-state index contributed by atoms with van der Waals surface area (Å²) < 4.78 is 10.5. The highest BCUT2D eigenvalue weighted by atomic mass is 16.5. The number of benzene rings is 1. The molecular formula is C21H17N3O4. The molecule has 4 rings (SSSR count). The minimum atomic E-state index is -0.691. The number of aromatic hydroxyl groups is 1. The van der Waals surface area contributed by atoms with Crippen LogP contribution in [0.4, 0.5) is 11.7 Å². The molecule has 0 saturated heterocycles. The zero-order valence-electron chi connectivity index (χ0n) is 15.0. The quantitative estimate of drug-likeness (QED) is 0.654. The van der Waals surface area contributed by atoms with E-state index in [9.17, 15) is 9.90 Å². The first kappa shape index (κ1) is 17.5. The number of fused-ring (bicyclic) bond motifs is 1. The molecule has 0 spiro atoms. The lowest BCUT2D eigenvalue weighted by atomic mass is 10.1. The summed E-state index contributed by atoms with van der Waals surface area (Å²) in [5.41, 5.74) is 2.48. The van der Waals surface area contributed by atoms with E-state index < -0.39 is 5.97 Å². The molecule has 140 valence electrons. The van der Waals surface area contributed by atoms with Gasteiger partial charge in [-0.3, -0.25) is 0 Å². The molecular weight excluding hydrogens is 358 g/mol. The number of nitrogens with one attached hydrogen (secondary N) is 1. The van der Waals surface area contributed by atoms with Crippen molar-refractivity contribution in [3.63, 3.8) is 0 Å². The highest BCUT2D eigenvalue weighted by molar-refractivity contribution is 6.21. The molecule has 28 heavy (non-hydrogen) atoms.